The largest absolute Gasteiger partial charge is 0.480 e. The number of rotatable bonds is 6. The normalized spacial score (nSPS) is 14.8. The molecule has 0 aliphatic heterocycles. The van der Waals surface area contributed by atoms with Crippen molar-refractivity contribution in [2.45, 2.75) is 33.2 Å². The Labute approximate surface area is 95.7 Å². The van der Waals surface area contributed by atoms with Crippen LogP contribution < -0.4 is 4.72 Å². The summed E-state index contributed by atoms with van der Waals surface area (Å²) >= 11 is 0. The van der Waals surface area contributed by atoms with Gasteiger partial charge in [0.1, 0.15) is 0 Å². The van der Waals surface area contributed by atoms with Crippen LogP contribution in [0.5, 0.6) is 0 Å². The van der Waals surface area contributed by atoms with E-state index in [4.69, 9.17) is 10.2 Å². The number of hydrogen-bond acceptors (Lipinski definition) is 4. The second kappa shape index (κ2) is 5.60. The van der Waals surface area contributed by atoms with E-state index in [9.17, 15) is 13.2 Å². The van der Waals surface area contributed by atoms with Crippen molar-refractivity contribution in [1.82, 2.24) is 4.72 Å². The van der Waals surface area contributed by atoms with Crippen LogP contribution in [0.4, 0.5) is 0 Å². The fraction of sp³-hybridized carbons (Fsp3) is 0.889. The minimum Gasteiger partial charge on any atom is -0.480 e. The highest BCUT2D eigenvalue weighted by Gasteiger charge is 2.29. The molecule has 0 aromatic carbocycles. The van der Waals surface area contributed by atoms with Crippen molar-refractivity contribution in [3.8, 4) is 0 Å². The Bertz CT molecular complexity index is 330. The molecule has 0 spiro atoms. The number of nitrogens with one attached hydrogen (secondary N) is 1. The van der Waals surface area contributed by atoms with Crippen LogP contribution in [0.3, 0.4) is 0 Å². The maximum Gasteiger partial charge on any atom is 0.320 e. The first kappa shape index (κ1) is 15.3. The number of sulfonamides is 1. The summed E-state index contributed by atoms with van der Waals surface area (Å²) in [5.41, 5.74) is -0.381. The van der Waals surface area contributed by atoms with Gasteiger partial charge in [-0.2, -0.15) is 0 Å². The molecule has 0 bridgehead atoms. The number of aliphatic hydroxyl groups is 1. The Morgan fingerprint density at radius 3 is 2.19 bits per heavy atom. The van der Waals surface area contributed by atoms with Crippen LogP contribution in [0.2, 0.25) is 0 Å². The lowest BCUT2D eigenvalue weighted by Crippen LogP contribution is -2.45. The molecule has 7 heteroatoms. The molecule has 0 radical (unpaired) electrons. The third-order valence-corrected chi connectivity index (χ3v) is 3.37. The molecule has 1 atom stereocenters. The lowest BCUT2D eigenvalue weighted by atomic mass is 9.86. The number of carbonyl (C=O) groups is 1. The van der Waals surface area contributed by atoms with Gasteiger partial charge in [0, 0.05) is 12.6 Å². The zero-order valence-corrected chi connectivity index (χ0v) is 10.5. The van der Waals surface area contributed by atoms with E-state index >= 15 is 0 Å². The number of carboxylic acid groups (broad SMARTS) is 1. The third kappa shape index (κ3) is 6.04. The SMILES string of the molecule is CC(C)(C)C(CCO)NS(=O)(=O)CC(=O)O. The van der Waals surface area contributed by atoms with E-state index in [2.05, 4.69) is 4.72 Å². The van der Waals surface area contributed by atoms with Crippen molar-refractivity contribution in [2.24, 2.45) is 5.41 Å². The summed E-state index contributed by atoms with van der Waals surface area (Å²) in [6.07, 6.45) is 0.252. The van der Waals surface area contributed by atoms with Crippen LogP contribution in [0.15, 0.2) is 0 Å². The molecule has 0 amide bonds. The van der Waals surface area contributed by atoms with Crippen LogP contribution >= 0.6 is 0 Å². The second-order valence-electron chi connectivity index (χ2n) is 4.70. The van der Waals surface area contributed by atoms with Gasteiger partial charge in [0.05, 0.1) is 0 Å². The predicted molar refractivity (Wildman–Crippen MR) is 59.5 cm³/mol. The molecule has 0 aliphatic rings. The molecule has 3 N–H and O–H groups in total. The van der Waals surface area contributed by atoms with E-state index < -0.39 is 27.8 Å². The fourth-order valence-electron chi connectivity index (χ4n) is 1.22. The molecule has 16 heavy (non-hydrogen) atoms. The van der Waals surface area contributed by atoms with Gasteiger partial charge in [-0.25, -0.2) is 13.1 Å². The molecule has 6 nitrogen and oxygen atoms in total. The molecule has 96 valence electrons. The Morgan fingerprint density at radius 2 is 1.88 bits per heavy atom. The zero-order chi connectivity index (χ0) is 13.0. The van der Waals surface area contributed by atoms with Gasteiger partial charge >= 0.3 is 5.97 Å². The van der Waals surface area contributed by atoms with Crippen LogP contribution in [0.1, 0.15) is 27.2 Å². The molecule has 0 aliphatic carbocycles. The van der Waals surface area contributed by atoms with E-state index in [0.29, 0.717) is 0 Å². The van der Waals surface area contributed by atoms with Gasteiger partial charge in [0.2, 0.25) is 10.0 Å². The van der Waals surface area contributed by atoms with Crippen LogP contribution in [0.25, 0.3) is 0 Å². The molecule has 0 aromatic heterocycles. The maximum atomic E-state index is 11.4. The molecule has 0 rings (SSSR count). The first-order valence-corrected chi connectivity index (χ1v) is 6.56. The van der Waals surface area contributed by atoms with E-state index in [1.54, 1.807) is 0 Å². The monoisotopic (exact) mass is 253 g/mol. The standard InChI is InChI=1S/C9H19NO5S/c1-9(2,3)7(4-5-11)10-16(14,15)6-8(12)13/h7,10-11H,4-6H2,1-3H3,(H,12,13). The highest BCUT2D eigenvalue weighted by Crippen LogP contribution is 2.22. The summed E-state index contributed by atoms with van der Waals surface area (Å²) in [6.45, 7) is 5.29. The van der Waals surface area contributed by atoms with Crippen LogP contribution in [-0.4, -0.2) is 43.0 Å². The molecular weight excluding hydrogens is 234 g/mol. The summed E-state index contributed by atoms with van der Waals surface area (Å²) in [5.74, 6) is -2.35. The van der Waals surface area contributed by atoms with Crippen LogP contribution in [-0.2, 0) is 14.8 Å². The van der Waals surface area contributed by atoms with E-state index in [1.165, 1.54) is 0 Å². The smallest absolute Gasteiger partial charge is 0.320 e. The third-order valence-electron chi connectivity index (χ3n) is 2.10. The fourth-order valence-corrected chi connectivity index (χ4v) is 2.53. The summed E-state index contributed by atoms with van der Waals surface area (Å²) in [7, 11) is -3.85. The van der Waals surface area contributed by atoms with E-state index in [0.717, 1.165) is 0 Å². The second-order valence-corrected chi connectivity index (χ2v) is 6.46. The molecule has 0 saturated carbocycles. The van der Waals surface area contributed by atoms with Gasteiger partial charge in [-0.15, -0.1) is 0 Å². The number of hydrogen-bond donors (Lipinski definition) is 3. The van der Waals surface area contributed by atoms with Gasteiger partial charge in [0.15, 0.2) is 5.75 Å². The Morgan fingerprint density at radius 1 is 1.38 bits per heavy atom. The maximum absolute atomic E-state index is 11.4. The summed E-state index contributed by atoms with van der Waals surface area (Å²) in [5, 5.41) is 17.3. The van der Waals surface area contributed by atoms with Crippen molar-refractivity contribution in [3.05, 3.63) is 0 Å². The topological polar surface area (TPSA) is 104 Å². The quantitative estimate of drug-likeness (QED) is 0.607. The van der Waals surface area contributed by atoms with Crippen molar-refractivity contribution in [3.63, 3.8) is 0 Å². The first-order chi connectivity index (χ1) is 7.08. The lowest BCUT2D eigenvalue weighted by molar-refractivity contribution is -0.134. The van der Waals surface area contributed by atoms with E-state index in [1.807, 2.05) is 20.8 Å². The van der Waals surface area contributed by atoms with Gasteiger partial charge in [-0.1, -0.05) is 20.8 Å². The summed E-state index contributed by atoms with van der Waals surface area (Å²) < 4.78 is 25.1. The zero-order valence-electron chi connectivity index (χ0n) is 9.73. The highest BCUT2D eigenvalue weighted by molar-refractivity contribution is 7.90. The predicted octanol–water partition coefficient (Wildman–Crippen LogP) is -0.212. The molecule has 0 fully saturated rings. The molecule has 0 aromatic rings. The van der Waals surface area contributed by atoms with Gasteiger partial charge in [-0.3, -0.25) is 4.79 Å². The molecule has 1 unspecified atom stereocenters. The van der Waals surface area contributed by atoms with E-state index in [-0.39, 0.29) is 18.4 Å². The van der Waals surface area contributed by atoms with Crippen LogP contribution in [0, 0.1) is 5.41 Å². The average Bonchev–Trinajstić information content (AvgIpc) is 1.98. The number of aliphatic hydroxyl groups excluding tert-OH is 1. The molecular formula is C9H19NO5S. The first-order valence-electron chi connectivity index (χ1n) is 4.91. The number of aliphatic carboxylic acids is 1. The van der Waals surface area contributed by atoms with Gasteiger partial charge in [-0.05, 0) is 11.8 Å². The molecule has 0 saturated heterocycles. The minimum atomic E-state index is -3.85. The van der Waals surface area contributed by atoms with Crippen molar-refractivity contribution in [2.75, 3.05) is 12.4 Å². The van der Waals surface area contributed by atoms with Crippen molar-refractivity contribution >= 4 is 16.0 Å². The van der Waals surface area contributed by atoms with Gasteiger partial charge in [0.25, 0.3) is 0 Å². The minimum absolute atomic E-state index is 0.155. The Hall–Kier alpha value is -0.660. The summed E-state index contributed by atoms with van der Waals surface area (Å²) in [6, 6.07) is -0.484. The van der Waals surface area contributed by atoms with Gasteiger partial charge < -0.3 is 10.2 Å². The average molecular weight is 253 g/mol. The molecule has 0 heterocycles. The van der Waals surface area contributed by atoms with Crippen molar-refractivity contribution < 1.29 is 23.4 Å². The number of carboxylic acids is 1. The lowest BCUT2D eigenvalue weighted by Gasteiger charge is -2.30. The summed E-state index contributed by atoms with van der Waals surface area (Å²) in [4.78, 5) is 10.3. The Balaban J connectivity index is 4.70. The van der Waals surface area contributed by atoms with Crippen molar-refractivity contribution in [1.29, 1.82) is 0 Å². The highest BCUT2D eigenvalue weighted by atomic mass is 32.2. The Kier molecular flexibility index (Phi) is 5.37.